The molecule has 5 atom stereocenters. The average Bonchev–Trinajstić information content (AvgIpc) is 3.45. The average molecular weight is 566 g/mol. The molecule has 1 fully saturated rings. The lowest BCUT2D eigenvalue weighted by Gasteiger charge is -2.47. The summed E-state index contributed by atoms with van der Waals surface area (Å²) >= 11 is 0. The standard InChI is InChI=1S/C29H27NO11/c1-37-17-4-2-14(3-5-17)19-12-38-21-9-18(8-16(11-31)22(21)23(19)32)40-28-24(33)25(34)29(26(41-28)27(35)36)10-15-6-7-30-20(15)13-39-29/h2-10,13,24-26,28,30-34H,11-12H2,1H3,(H,35,36). The Bertz CT molecular complexity index is 1640. The predicted octanol–water partition coefficient (Wildman–Crippen LogP) is 0.232. The van der Waals surface area contributed by atoms with Gasteiger partial charge in [-0.25, -0.2) is 4.79 Å². The lowest BCUT2D eigenvalue weighted by atomic mass is 9.82. The van der Waals surface area contributed by atoms with Crippen LogP contribution < -0.4 is 24.8 Å². The van der Waals surface area contributed by atoms with Gasteiger partial charge >= 0.3 is 5.97 Å². The maximum atomic E-state index is 12.3. The Balaban J connectivity index is 1.31. The van der Waals surface area contributed by atoms with Crippen molar-refractivity contribution in [1.82, 2.24) is 4.98 Å². The molecule has 0 amide bonds. The molecular formula is C29H27NO11. The van der Waals surface area contributed by atoms with Crippen LogP contribution in [0.15, 0.2) is 48.7 Å². The van der Waals surface area contributed by atoms with Gasteiger partial charge in [0, 0.05) is 23.1 Å². The van der Waals surface area contributed by atoms with E-state index in [4.69, 9.17) is 23.7 Å². The summed E-state index contributed by atoms with van der Waals surface area (Å²) in [5, 5.41) is 54.4. The minimum atomic E-state index is -1.93. The van der Waals surface area contributed by atoms with Crippen LogP contribution in [-0.4, -0.2) is 80.4 Å². The van der Waals surface area contributed by atoms with Crippen LogP contribution in [0.4, 0.5) is 0 Å². The zero-order valence-corrected chi connectivity index (χ0v) is 21.7. The Hall–Kier alpha value is -4.49. The number of aliphatic hydroxyl groups is 4. The van der Waals surface area contributed by atoms with Gasteiger partial charge < -0.3 is 54.2 Å². The molecule has 12 nitrogen and oxygen atoms in total. The van der Waals surface area contributed by atoms with Crippen molar-refractivity contribution in [1.29, 1.82) is 0 Å². The highest BCUT2D eigenvalue weighted by molar-refractivity contribution is 5.92. The van der Waals surface area contributed by atoms with Gasteiger partial charge in [-0.1, -0.05) is 12.1 Å². The summed E-state index contributed by atoms with van der Waals surface area (Å²) in [5.74, 6) is -0.652. The molecule has 0 aliphatic carbocycles. The second kappa shape index (κ2) is 10.2. The Labute approximate surface area is 232 Å². The van der Waals surface area contributed by atoms with Gasteiger partial charge in [0.1, 0.15) is 48.1 Å². The Morgan fingerprint density at radius 2 is 1.93 bits per heavy atom. The highest BCUT2D eigenvalue weighted by Crippen LogP contribution is 2.42. The van der Waals surface area contributed by atoms with Crippen LogP contribution in [0.25, 0.3) is 23.7 Å². The van der Waals surface area contributed by atoms with E-state index in [0.29, 0.717) is 27.5 Å². The van der Waals surface area contributed by atoms with E-state index in [-0.39, 0.29) is 35.0 Å². The number of aromatic amines is 1. The van der Waals surface area contributed by atoms with Crippen LogP contribution in [0.2, 0.25) is 0 Å². The van der Waals surface area contributed by atoms with E-state index >= 15 is 0 Å². The molecular weight excluding hydrogens is 538 g/mol. The highest BCUT2D eigenvalue weighted by Gasteiger charge is 2.60. The molecule has 12 heteroatoms. The van der Waals surface area contributed by atoms with Crippen LogP contribution in [0.1, 0.15) is 16.7 Å². The normalized spacial score (nSPS) is 26.5. The van der Waals surface area contributed by atoms with Crippen molar-refractivity contribution in [2.75, 3.05) is 13.7 Å². The van der Waals surface area contributed by atoms with Crippen LogP contribution >= 0.6 is 0 Å². The number of aliphatic hydroxyl groups excluding tert-OH is 4. The zero-order valence-electron chi connectivity index (χ0n) is 21.7. The predicted molar refractivity (Wildman–Crippen MR) is 142 cm³/mol. The molecule has 2 aromatic carbocycles. The Morgan fingerprint density at radius 3 is 2.63 bits per heavy atom. The monoisotopic (exact) mass is 565 g/mol. The minimum Gasteiger partial charge on any atom is -0.507 e. The van der Waals surface area contributed by atoms with E-state index in [2.05, 4.69) is 4.98 Å². The number of methoxy groups -OCH3 is 1. The molecule has 3 aliphatic rings. The zero-order chi connectivity index (χ0) is 28.9. The summed E-state index contributed by atoms with van der Waals surface area (Å²) in [6.07, 6.45) is -2.59. The molecule has 0 bridgehead atoms. The second-order valence-corrected chi connectivity index (χ2v) is 9.81. The van der Waals surface area contributed by atoms with Crippen LogP contribution in [0.5, 0.6) is 17.2 Å². The molecule has 214 valence electrons. The lowest BCUT2D eigenvalue weighted by Crippen LogP contribution is -2.69. The number of carboxylic acids is 1. The van der Waals surface area contributed by atoms with Gasteiger partial charge in [-0.05, 0) is 41.5 Å². The number of fused-ring (bicyclic) bond motifs is 2. The first-order valence-corrected chi connectivity index (χ1v) is 12.7. The first-order chi connectivity index (χ1) is 19.8. The molecule has 5 unspecified atom stereocenters. The number of ether oxygens (including phenoxy) is 5. The number of hydrogen-bond acceptors (Lipinski definition) is 10. The topological polar surface area (TPSA) is 180 Å². The van der Waals surface area contributed by atoms with Crippen molar-refractivity contribution in [3.8, 4) is 17.2 Å². The van der Waals surface area contributed by atoms with Gasteiger partial charge in [0.05, 0.1) is 24.6 Å². The molecule has 0 saturated carbocycles. The number of nitrogens with one attached hydrogen (secondary N) is 1. The summed E-state index contributed by atoms with van der Waals surface area (Å²) in [6.45, 7) is -0.493. The van der Waals surface area contributed by atoms with E-state index in [0.717, 1.165) is 0 Å². The fourth-order valence-electron chi connectivity index (χ4n) is 5.33. The van der Waals surface area contributed by atoms with Crippen LogP contribution in [0.3, 0.4) is 0 Å². The van der Waals surface area contributed by atoms with Gasteiger partial charge in [-0.15, -0.1) is 0 Å². The highest BCUT2D eigenvalue weighted by atomic mass is 16.7. The van der Waals surface area contributed by atoms with Gasteiger partial charge in [-0.3, -0.25) is 0 Å². The second-order valence-electron chi connectivity index (χ2n) is 9.81. The summed E-state index contributed by atoms with van der Waals surface area (Å²) in [7, 11) is 1.55. The van der Waals surface area contributed by atoms with Crippen molar-refractivity contribution < 1.29 is 54.0 Å². The number of aliphatic carboxylic acids is 1. The largest absolute Gasteiger partial charge is 0.507 e. The van der Waals surface area contributed by atoms with Crippen molar-refractivity contribution in [2.45, 2.75) is 36.8 Å². The van der Waals surface area contributed by atoms with Crippen molar-refractivity contribution in [3.05, 3.63) is 75.9 Å². The fourth-order valence-corrected chi connectivity index (χ4v) is 5.33. The Morgan fingerprint density at radius 1 is 1.15 bits per heavy atom. The summed E-state index contributed by atoms with van der Waals surface area (Å²) < 4.78 is 28.2. The molecule has 0 radical (unpaired) electrons. The maximum Gasteiger partial charge on any atom is 0.337 e. The Kier molecular flexibility index (Phi) is 6.62. The quantitative estimate of drug-likeness (QED) is 0.241. The number of rotatable bonds is 6. The summed E-state index contributed by atoms with van der Waals surface area (Å²) in [4.78, 5) is 15.2. The molecule has 4 heterocycles. The first-order valence-electron chi connectivity index (χ1n) is 12.7. The van der Waals surface area contributed by atoms with Crippen molar-refractivity contribution >= 4 is 29.6 Å². The van der Waals surface area contributed by atoms with E-state index in [1.54, 1.807) is 43.6 Å². The van der Waals surface area contributed by atoms with E-state index < -0.39 is 42.8 Å². The third kappa shape index (κ3) is 4.37. The van der Waals surface area contributed by atoms with Crippen molar-refractivity contribution in [2.24, 2.45) is 0 Å². The van der Waals surface area contributed by atoms with E-state index in [9.17, 15) is 30.3 Å². The molecule has 41 heavy (non-hydrogen) atoms. The number of H-pyrrole nitrogens is 1. The fraction of sp³-hybridized carbons (Fsp3) is 0.276. The molecule has 3 aliphatic heterocycles. The molecule has 1 saturated heterocycles. The van der Waals surface area contributed by atoms with Gasteiger partial charge in [0.25, 0.3) is 0 Å². The smallest absolute Gasteiger partial charge is 0.337 e. The van der Waals surface area contributed by atoms with Crippen molar-refractivity contribution in [3.63, 3.8) is 0 Å². The van der Waals surface area contributed by atoms with E-state index in [1.165, 1.54) is 24.5 Å². The molecule has 3 aromatic rings. The third-order valence-corrected chi connectivity index (χ3v) is 7.46. The number of aromatic nitrogens is 1. The van der Waals surface area contributed by atoms with Gasteiger partial charge in [0.2, 0.25) is 12.4 Å². The SMILES string of the molecule is COc1ccc(C2=C(O)c3c(CO)cc(OC4OC(C(=O)O)C5(C=c6cc[nH]c6=CO5)C(O)C4O)cc3OC2)cc1. The molecule has 1 aromatic heterocycles. The molecule has 1 spiro atoms. The number of hydrogen-bond donors (Lipinski definition) is 6. The first kappa shape index (κ1) is 26.7. The minimum absolute atomic E-state index is 0.00910. The molecule has 6 N–H and O–H groups in total. The van der Waals surface area contributed by atoms with E-state index in [1.807, 2.05) is 0 Å². The van der Waals surface area contributed by atoms with Crippen LogP contribution in [0, 0.1) is 0 Å². The number of carbonyl (C=O) groups is 1. The number of benzene rings is 2. The summed E-state index contributed by atoms with van der Waals surface area (Å²) in [6, 6.07) is 11.5. The van der Waals surface area contributed by atoms with Crippen LogP contribution in [-0.2, 0) is 20.9 Å². The number of carboxylic acid groups (broad SMARTS) is 1. The lowest BCUT2D eigenvalue weighted by molar-refractivity contribution is -0.286. The summed E-state index contributed by atoms with van der Waals surface area (Å²) in [5.41, 5.74) is -0.225. The third-order valence-electron chi connectivity index (χ3n) is 7.46. The van der Waals surface area contributed by atoms with Gasteiger partial charge in [-0.2, -0.15) is 0 Å². The maximum absolute atomic E-state index is 12.3. The molecule has 6 rings (SSSR count). The van der Waals surface area contributed by atoms with Gasteiger partial charge in [0.15, 0.2) is 5.60 Å².